The molecule has 0 aliphatic heterocycles. The predicted molar refractivity (Wildman–Crippen MR) is 76.1 cm³/mol. The lowest BCUT2D eigenvalue weighted by Crippen LogP contribution is -2.13. The molecule has 0 unspecified atom stereocenters. The Morgan fingerprint density at radius 1 is 1.06 bits per heavy atom. The van der Waals surface area contributed by atoms with E-state index in [0.717, 1.165) is 16.7 Å². The molecule has 0 aromatic heterocycles. The van der Waals surface area contributed by atoms with Crippen LogP contribution >= 0.6 is 11.8 Å². The maximum Gasteiger partial charge on any atom is 0.151 e. The van der Waals surface area contributed by atoms with E-state index >= 15 is 0 Å². The van der Waals surface area contributed by atoms with Crippen molar-refractivity contribution in [2.75, 3.05) is 0 Å². The van der Waals surface area contributed by atoms with Gasteiger partial charge in [-0.1, -0.05) is 53.7 Å². The lowest BCUT2D eigenvalue weighted by molar-refractivity contribution is 0.112. The lowest BCUT2D eigenvalue weighted by atomic mass is 9.87. The van der Waals surface area contributed by atoms with Gasteiger partial charge < -0.3 is 0 Å². The first-order valence-corrected chi connectivity index (χ1v) is 6.74. The summed E-state index contributed by atoms with van der Waals surface area (Å²) in [6.07, 6.45) is 0.945. The van der Waals surface area contributed by atoms with Crippen molar-refractivity contribution in [1.29, 1.82) is 0 Å². The molecule has 0 bridgehead atoms. The van der Waals surface area contributed by atoms with Gasteiger partial charge in [0.15, 0.2) is 6.29 Å². The molecule has 17 heavy (non-hydrogen) atoms. The highest BCUT2D eigenvalue weighted by atomic mass is 32.2. The molecule has 0 fully saturated rings. The van der Waals surface area contributed by atoms with Crippen LogP contribution < -0.4 is 0 Å². The van der Waals surface area contributed by atoms with E-state index in [2.05, 4.69) is 53.7 Å². The summed E-state index contributed by atoms with van der Waals surface area (Å²) < 4.78 is 0.119. The molecular weight excluding hydrogens is 228 g/mol. The van der Waals surface area contributed by atoms with Crippen molar-refractivity contribution in [3.8, 4) is 0 Å². The van der Waals surface area contributed by atoms with Crippen molar-refractivity contribution in [2.45, 2.75) is 56.6 Å². The normalized spacial score (nSPS) is 12.6. The average Bonchev–Trinajstić information content (AvgIpc) is 2.13. The Balaban J connectivity index is 3.20. The second kappa shape index (κ2) is 4.85. The Bertz CT molecular complexity index is 408. The van der Waals surface area contributed by atoms with E-state index in [-0.39, 0.29) is 10.2 Å². The Morgan fingerprint density at radius 2 is 1.65 bits per heavy atom. The number of hydrogen-bond acceptors (Lipinski definition) is 2. The molecule has 0 atom stereocenters. The van der Waals surface area contributed by atoms with Crippen LogP contribution in [0.15, 0.2) is 23.1 Å². The fourth-order valence-corrected chi connectivity index (χ4v) is 2.60. The molecule has 2 heteroatoms. The van der Waals surface area contributed by atoms with Gasteiger partial charge in [-0.15, -0.1) is 11.8 Å². The summed E-state index contributed by atoms with van der Waals surface area (Å²) >= 11 is 1.75. The van der Waals surface area contributed by atoms with Crippen LogP contribution in [0.2, 0.25) is 0 Å². The van der Waals surface area contributed by atoms with Crippen molar-refractivity contribution in [3.63, 3.8) is 0 Å². The zero-order valence-electron chi connectivity index (χ0n) is 11.6. The minimum absolute atomic E-state index is 0.119. The topological polar surface area (TPSA) is 17.1 Å². The summed E-state index contributed by atoms with van der Waals surface area (Å²) in [5.74, 6) is 0. The fraction of sp³-hybridized carbons (Fsp3) is 0.533. The summed E-state index contributed by atoms with van der Waals surface area (Å²) in [7, 11) is 0. The van der Waals surface area contributed by atoms with Gasteiger partial charge in [0.1, 0.15) is 0 Å². The minimum Gasteiger partial charge on any atom is -0.298 e. The van der Waals surface area contributed by atoms with Crippen LogP contribution in [0.4, 0.5) is 0 Å². The molecule has 0 amide bonds. The van der Waals surface area contributed by atoms with E-state index in [1.165, 1.54) is 5.56 Å². The van der Waals surface area contributed by atoms with Crippen LogP contribution in [0.5, 0.6) is 0 Å². The summed E-state index contributed by atoms with van der Waals surface area (Å²) in [5.41, 5.74) is 2.18. The Kier molecular flexibility index (Phi) is 4.08. The Hall–Kier alpha value is -0.760. The number of aldehydes is 1. The fourth-order valence-electron chi connectivity index (χ4n) is 1.52. The zero-order chi connectivity index (χ0) is 13.3. The molecule has 0 heterocycles. The summed E-state index contributed by atoms with van der Waals surface area (Å²) in [5, 5.41) is 0. The van der Waals surface area contributed by atoms with Gasteiger partial charge in [-0.2, -0.15) is 0 Å². The van der Waals surface area contributed by atoms with E-state index < -0.39 is 0 Å². The molecule has 0 saturated carbocycles. The molecule has 1 rings (SSSR count). The van der Waals surface area contributed by atoms with E-state index in [9.17, 15) is 4.79 Å². The second-order valence-corrected chi connectivity index (χ2v) is 8.20. The standard InChI is InChI=1S/C15H22OS/c1-14(2,3)12-8-7-11(10-16)13(9-12)17-15(4,5)6/h7-10H,1-6H3. The summed E-state index contributed by atoms with van der Waals surface area (Å²) in [6, 6.07) is 6.14. The predicted octanol–water partition coefficient (Wildman–Crippen LogP) is 4.69. The number of thioether (sulfide) groups is 1. The highest BCUT2D eigenvalue weighted by Crippen LogP contribution is 2.36. The summed E-state index contributed by atoms with van der Waals surface area (Å²) in [4.78, 5) is 12.1. The number of carbonyl (C=O) groups is 1. The number of hydrogen-bond donors (Lipinski definition) is 0. The maximum absolute atomic E-state index is 11.1. The molecule has 0 spiro atoms. The first-order chi connectivity index (χ1) is 7.63. The van der Waals surface area contributed by atoms with E-state index in [1.807, 2.05) is 6.07 Å². The largest absolute Gasteiger partial charge is 0.298 e. The monoisotopic (exact) mass is 250 g/mol. The molecule has 0 aliphatic carbocycles. The Labute approximate surface area is 109 Å². The van der Waals surface area contributed by atoms with Crippen molar-refractivity contribution in [2.24, 2.45) is 0 Å². The van der Waals surface area contributed by atoms with Crippen molar-refractivity contribution >= 4 is 18.0 Å². The van der Waals surface area contributed by atoms with Gasteiger partial charge in [0.05, 0.1) is 0 Å². The van der Waals surface area contributed by atoms with Gasteiger partial charge in [-0.25, -0.2) is 0 Å². The van der Waals surface area contributed by atoms with E-state index in [1.54, 1.807) is 11.8 Å². The van der Waals surface area contributed by atoms with Crippen LogP contribution in [0.25, 0.3) is 0 Å². The molecule has 1 aromatic carbocycles. The van der Waals surface area contributed by atoms with Crippen LogP contribution in [0, 0.1) is 0 Å². The molecule has 0 radical (unpaired) electrons. The van der Waals surface area contributed by atoms with Crippen LogP contribution in [-0.4, -0.2) is 11.0 Å². The number of rotatable bonds is 2. The van der Waals surface area contributed by atoms with Crippen LogP contribution in [0.1, 0.15) is 57.5 Å². The molecule has 94 valence electrons. The van der Waals surface area contributed by atoms with Crippen molar-refractivity contribution < 1.29 is 4.79 Å². The highest BCUT2D eigenvalue weighted by Gasteiger charge is 2.19. The van der Waals surface area contributed by atoms with E-state index in [0.29, 0.717) is 0 Å². The third-order valence-electron chi connectivity index (χ3n) is 2.42. The highest BCUT2D eigenvalue weighted by molar-refractivity contribution is 8.00. The first kappa shape index (κ1) is 14.3. The molecule has 0 N–H and O–H groups in total. The number of carbonyl (C=O) groups excluding carboxylic acids is 1. The first-order valence-electron chi connectivity index (χ1n) is 5.92. The molecule has 0 saturated heterocycles. The van der Waals surface area contributed by atoms with E-state index in [4.69, 9.17) is 0 Å². The molecule has 0 aliphatic rings. The summed E-state index contributed by atoms with van der Waals surface area (Å²) in [6.45, 7) is 13.1. The minimum atomic E-state index is 0.119. The maximum atomic E-state index is 11.1. The lowest BCUT2D eigenvalue weighted by Gasteiger charge is -2.23. The molecule has 1 aromatic rings. The third-order valence-corrected chi connectivity index (χ3v) is 3.61. The number of benzene rings is 1. The molecule has 1 nitrogen and oxygen atoms in total. The van der Waals surface area contributed by atoms with Gasteiger partial charge in [0.25, 0.3) is 0 Å². The Morgan fingerprint density at radius 3 is 2.06 bits per heavy atom. The third kappa shape index (κ3) is 4.19. The van der Waals surface area contributed by atoms with Gasteiger partial charge in [-0.3, -0.25) is 4.79 Å². The van der Waals surface area contributed by atoms with Crippen molar-refractivity contribution in [1.82, 2.24) is 0 Å². The van der Waals surface area contributed by atoms with Gasteiger partial charge in [0, 0.05) is 15.2 Å². The average molecular weight is 250 g/mol. The smallest absolute Gasteiger partial charge is 0.151 e. The van der Waals surface area contributed by atoms with Crippen LogP contribution in [-0.2, 0) is 5.41 Å². The van der Waals surface area contributed by atoms with Crippen molar-refractivity contribution in [3.05, 3.63) is 29.3 Å². The molecular formula is C15H22OS. The quantitative estimate of drug-likeness (QED) is 0.559. The van der Waals surface area contributed by atoms with Crippen LogP contribution in [0.3, 0.4) is 0 Å². The SMILES string of the molecule is CC(C)(C)Sc1cc(C(C)(C)C)ccc1C=O. The van der Waals surface area contributed by atoms with Gasteiger partial charge >= 0.3 is 0 Å². The van der Waals surface area contributed by atoms with Gasteiger partial charge in [-0.05, 0) is 17.0 Å². The zero-order valence-corrected chi connectivity index (χ0v) is 12.4. The van der Waals surface area contributed by atoms with Gasteiger partial charge in [0.2, 0.25) is 0 Å². The second-order valence-electron chi connectivity index (χ2n) is 6.33.